The van der Waals surface area contributed by atoms with E-state index in [-0.39, 0.29) is 6.04 Å². The van der Waals surface area contributed by atoms with Crippen molar-refractivity contribution in [3.63, 3.8) is 0 Å². The van der Waals surface area contributed by atoms with E-state index >= 15 is 0 Å². The van der Waals surface area contributed by atoms with Crippen LogP contribution < -0.4 is 0 Å². The molecule has 0 bridgehead atoms. The first-order valence-electron chi connectivity index (χ1n) is 6.30. The molecular weight excluding hydrogens is 370 g/mol. The number of alkyl halides is 1. The highest BCUT2D eigenvalue weighted by atomic mass is 79.9. The number of sulfonamides is 1. The fourth-order valence-corrected chi connectivity index (χ4v) is 6.71. The SMILES string of the molecule is Cc1cc(S(=O)(=O)N2CCCCC2CCCl)sc1Br. The molecule has 1 saturated heterocycles. The van der Waals surface area contributed by atoms with E-state index < -0.39 is 10.0 Å². The number of hydrogen-bond acceptors (Lipinski definition) is 3. The molecule has 1 aromatic rings. The molecule has 0 amide bonds. The largest absolute Gasteiger partial charge is 0.252 e. The fraction of sp³-hybridized carbons (Fsp3) is 0.667. The second-order valence-corrected chi connectivity index (χ2v) is 9.63. The molecule has 0 radical (unpaired) electrons. The van der Waals surface area contributed by atoms with Crippen LogP contribution in [0.1, 0.15) is 31.2 Å². The molecule has 0 aromatic carbocycles. The number of rotatable bonds is 4. The zero-order valence-electron chi connectivity index (χ0n) is 10.7. The molecule has 108 valence electrons. The van der Waals surface area contributed by atoms with E-state index in [1.54, 1.807) is 10.4 Å². The third kappa shape index (κ3) is 3.35. The van der Waals surface area contributed by atoms with Crippen molar-refractivity contribution in [2.45, 2.75) is 42.9 Å². The van der Waals surface area contributed by atoms with Crippen molar-refractivity contribution in [1.82, 2.24) is 4.31 Å². The van der Waals surface area contributed by atoms with Crippen LogP contribution in [0.2, 0.25) is 0 Å². The predicted molar refractivity (Wildman–Crippen MR) is 83.6 cm³/mol. The first-order chi connectivity index (χ1) is 8.96. The minimum Gasteiger partial charge on any atom is -0.206 e. The molecule has 1 aliphatic heterocycles. The number of nitrogens with zero attached hydrogens (tertiary/aromatic N) is 1. The predicted octanol–water partition coefficient (Wildman–Crippen LogP) is 3.99. The highest BCUT2D eigenvalue weighted by Gasteiger charge is 2.34. The van der Waals surface area contributed by atoms with E-state index in [1.807, 2.05) is 6.92 Å². The van der Waals surface area contributed by atoms with Gasteiger partial charge in [0.25, 0.3) is 10.0 Å². The van der Waals surface area contributed by atoms with Gasteiger partial charge in [0.05, 0.1) is 3.79 Å². The maximum Gasteiger partial charge on any atom is 0.252 e. The van der Waals surface area contributed by atoms with Crippen LogP contribution in [0.4, 0.5) is 0 Å². The van der Waals surface area contributed by atoms with Gasteiger partial charge in [-0.2, -0.15) is 4.31 Å². The summed E-state index contributed by atoms with van der Waals surface area (Å²) in [5, 5.41) is 0. The van der Waals surface area contributed by atoms with E-state index in [4.69, 9.17) is 11.6 Å². The average molecular weight is 387 g/mol. The van der Waals surface area contributed by atoms with E-state index in [2.05, 4.69) is 15.9 Å². The summed E-state index contributed by atoms with van der Waals surface area (Å²) >= 11 is 10.5. The van der Waals surface area contributed by atoms with Gasteiger partial charge in [0.1, 0.15) is 4.21 Å². The van der Waals surface area contributed by atoms with Gasteiger partial charge in [-0.1, -0.05) is 6.42 Å². The molecule has 3 nitrogen and oxygen atoms in total. The Balaban J connectivity index is 2.31. The number of halogens is 2. The van der Waals surface area contributed by atoms with Gasteiger partial charge in [-0.15, -0.1) is 22.9 Å². The molecule has 1 aromatic heterocycles. The highest BCUT2D eigenvalue weighted by Crippen LogP contribution is 2.35. The van der Waals surface area contributed by atoms with Crippen LogP contribution in [0, 0.1) is 6.92 Å². The first kappa shape index (κ1) is 15.8. The Morgan fingerprint density at radius 1 is 1.53 bits per heavy atom. The van der Waals surface area contributed by atoms with Gasteiger partial charge in [-0.05, 0) is 53.7 Å². The van der Waals surface area contributed by atoms with Gasteiger partial charge in [-0.3, -0.25) is 0 Å². The molecule has 0 aliphatic carbocycles. The molecular formula is C12H17BrClNO2S2. The van der Waals surface area contributed by atoms with Crippen LogP contribution in [-0.2, 0) is 10.0 Å². The van der Waals surface area contributed by atoms with Crippen molar-refractivity contribution in [3.8, 4) is 0 Å². The van der Waals surface area contributed by atoms with Crippen molar-refractivity contribution in [3.05, 3.63) is 15.4 Å². The lowest BCUT2D eigenvalue weighted by Crippen LogP contribution is -2.43. The van der Waals surface area contributed by atoms with Crippen molar-refractivity contribution in [2.24, 2.45) is 0 Å². The summed E-state index contributed by atoms with van der Waals surface area (Å²) in [6.07, 6.45) is 3.66. The van der Waals surface area contributed by atoms with Crippen molar-refractivity contribution in [2.75, 3.05) is 12.4 Å². The maximum atomic E-state index is 12.7. The van der Waals surface area contributed by atoms with Crippen LogP contribution in [0.3, 0.4) is 0 Å². The number of aryl methyl sites for hydroxylation is 1. The van der Waals surface area contributed by atoms with Crippen LogP contribution in [0.15, 0.2) is 14.1 Å². The van der Waals surface area contributed by atoms with E-state index in [1.165, 1.54) is 11.3 Å². The average Bonchev–Trinajstić information content (AvgIpc) is 2.71. The molecule has 0 N–H and O–H groups in total. The van der Waals surface area contributed by atoms with Gasteiger partial charge < -0.3 is 0 Å². The minimum absolute atomic E-state index is 0.0532. The smallest absolute Gasteiger partial charge is 0.206 e. The Kier molecular flexibility index (Phi) is 5.34. The molecule has 0 spiro atoms. The number of hydrogen-bond donors (Lipinski definition) is 0. The molecule has 1 unspecified atom stereocenters. The molecule has 0 saturated carbocycles. The summed E-state index contributed by atoms with van der Waals surface area (Å²) in [5.41, 5.74) is 0.967. The van der Waals surface area contributed by atoms with E-state index in [0.29, 0.717) is 16.6 Å². The first-order valence-corrected chi connectivity index (χ1v) is 9.89. The lowest BCUT2D eigenvalue weighted by molar-refractivity contribution is 0.248. The lowest BCUT2D eigenvalue weighted by Gasteiger charge is -2.33. The van der Waals surface area contributed by atoms with Gasteiger partial charge >= 0.3 is 0 Å². The summed E-state index contributed by atoms with van der Waals surface area (Å²) in [6.45, 7) is 2.52. The van der Waals surface area contributed by atoms with E-state index in [0.717, 1.165) is 35.0 Å². The van der Waals surface area contributed by atoms with Crippen LogP contribution >= 0.6 is 38.9 Å². The van der Waals surface area contributed by atoms with Gasteiger partial charge in [0.15, 0.2) is 0 Å². The molecule has 1 aliphatic rings. The van der Waals surface area contributed by atoms with E-state index in [9.17, 15) is 8.42 Å². The quantitative estimate of drug-likeness (QED) is 0.734. The summed E-state index contributed by atoms with van der Waals surface area (Å²) in [6, 6.07) is 1.80. The zero-order valence-corrected chi connectivity index (χ0v) is 14.7. The van der Waals surface area contributed by atoms with Crippen LogP contribution in [0.5, 0.6) is 0 Å². The summed E-state index contributed by atoms with van der Waals surface area (Å²) in [7, 11) is -3.37. The Bertz CT molecular complexity index is 522. The Labute approximate surface area is 132 Å². The monoisotopic (exact) mass is 385 g/mol. The van der Waals surface area contributed by atoms with Crippen LogP contribution in [-0.4, -0.2) is 31.2 Å². The molecule has 19 heavy (non-hydrogen) atoms. The summed E-state index contributed by atoms with van der Waals surface area (Å²) in [5.74, 6) is 0.504. The fourth-order valence-electron chi connectivity index (χ4n) is 2.38. The van der Waals surface area contributed by atoms with Gasteiger partial charge in [0.2, 0.25) is 0 Å². The highest BCUT2D eigenvalue weighted by molar-refractivity contribution is 9.11. The van der Waals surface area contributed by atoms with Crippen molar-refractivity contribution >= 4 is 48.9 Å². The van der Waals surface area contributed by atoms with Gasteiger partial charge in [0, 0.05) is 18.5 Å². The molecule has 7 heteroatoms. The molecule has 1 fully saturated rings. The summed E-state index contributed by atoms with van der Waals surface area (Å²) in [4.78, 5) is 0. The Morgan fingerprint density at radius 3 is 2.84 bits per heavy atom. The molecule has 2 heterocycles. The third-order valence-electron chi connectivity index (χ3n) is 3.41. The van der Waals surface area contributed by atoms with Crippen LogP contribution in [0.25, 0.3) is 0 Å². The standard InChI is InChI=1S/C12H17BrClNO2S2/c1-9-8-11(18-12(9)13)19(16,17)15-7-3-2-4-10(15)5-6-14/h8,10H,2-7H2,1H3. The maximum absolute atomic E-state index is 12.7. The second-order valence-electron chi connectivity index (χ2n) is 4.77. The minimum atomic E-state index is -3.37. The normalized spacial score (nSPS) is 21.7. The number of thiophene rings is 1. The topological polar surface area (TPSA) is 37.4 Å². The zero-order chi connectivity index (χ0) is 14.0. The molecule has 1 atom stereocenters. The van der Waals surface area contributed by atoms with Crippen molar-refractivity contribution < 1.29 is 8.42 Å². The number of piperidine rings is 1. The molecule has 2 rings (SSSR count). The Hall–Kier alpha value is 0.380. The summed E-state index contributed by atoms with van der Waals surface area (Å²) < 4.78 is 28.4. The second kappa shape index (κ2) is 6.43. The third-order valence-corrected chi connectivity index (χ3v) is 8.17. The van der Waals surface area contributed by atoms with Gasteiger partial charge in [-0.25, -0.2) is 8.42 Å². The lowest BCUT2D eigenvalue weighted by atomic mass is 10.0. The van der Waals surface area contributed by atoms with Crippen molar-refractivity contribution in [1.29, 1.82) is 0 Å². The Morgan fingerprint density at radius 2 is 2.26 bits per heavy atom.